The molecule has 1 amide bonds. The van der Waals surface area contributed by atoms with Crippen LogP contribution in [0.15, 0.2) is 24.4 Å². The SMILES string of the molecule is O=C1COC(c2ccccn2)N1Cl. The molecular formula is C8H7ClN2O2. The lowest BCUT2D eigenvalue weighted by atomic mass is 10.3. The Kier molecular flexibility index (Phi) is 2.16. The van der Waals surface area contributed by atoms with Crippen LogP contribution >= 0.6 is 11.8 Å². The van der Waals surface area contributed by atoms with E-state index in [0.717, 1.165) is 4.42 Å². The van der Waals surface area contributed by atoms with Gasteiger partial charge in [-0.25, -0.2) is 4.42 Å². The monoisotopic (exact) mass is 198 g/mol. The standard InChI is InChI=1S/C8H7ClN2O2/c9-11-7(12)5-13-8(11)6-3-1-2-4-10-6/h1-4,8H,5H2. The Bertz CT molecular complexity index is 317. The third-order valence-corrected chi connectivity index (χ3v) is 2.12. The Morgan fingerprint density at radius 3 is 3.00 bits per heavy atom. The number of hydrogen-bond donors (Lipinski definition) is 0. The molecule has 1 aliphatic rings. The van der Waals surface area contributed by atoms with E-state index in [4.69, 9.17) is 16.5 Å². The van der Waals surface area contributed by atoms with Crippen molar-refractivity contribution >= 4 is 17.7 Å². The summed E-state index contributed by atoms with van der Waals surface area (Å²) in [5.74, 6) is -0.239. The number of aromatic nitrogens is 1. The van der Waals surface area contributed by atoms with Gasteiger partial charge in [0.05, 0.1) is 5.69 Å². The largest absolute Gasteiger partial charge is 0.341 e. The van der Waals surface area contributed by atoms with E-state index in [9.17, 15) is 4.79 Å². The molecule has 0 saturated carbocycles. The highest BCUT2D eigenvalue weighted by Crippen LogP contribution is 2.27. The predicted octanol–water partition coefficient (Wildman–Crippen LogP) is 1.09. The molecule has 1 atom stereocenters. The molecule has 0 spiro atoms. The van der Waals surface area contributed by atoms with Crippen molar-refractivity contribution in [3.63, 3.8) is 0 Å². The molecule has 1 saturated heterocycles. The van der Waals surface area contributed by atoms with Crippen LogP contribution in [0.25, 0.3) is 0 Å². The molecule has 1 fully saturated rings. The lowest BCUT2D eigenvalue weighted by molar-refractivity contribution is -0.123. The molecule has 2 heterocycles. The number of ether oxygens (including phenoxy) is 1. The number of carbonyl (C=O) groups is 1. The Hall–Kier alpha value is -1.13. The molecule has 1 aliphatic heterocycles. The molecule has 4 nitrogen and oxygen atoms in total. The molecular weight excluding hydrogens is 192 g/mol. The summed E-state index contributed by atoms with van der Waals surface area (Å²) in [6.45, 7) is 0.0186. The average Bonchev–Trinajstić information content (AvgIpc) is 2.49. The zero-order valence-corrected chi connectivity index (χ0v) is 7.44. The number of amides is 1. The molecule has 1 aromatic rings. The van der Waals surface area contributed by atoms with Gasteiger partial charge in [0, 0.05) is 18.0 Å². The first-order valence-electron chi connectivity index (χ1n) is 3.79. The van der Waals surface area contributed by atoms with Crippen LogP contribution in [-0.2, 0) is 9.53 Å². The first kappa shape index (κ1) is 8.47. The van der Waals surface area contributed by atoms with Crippen molar-refractivity contribution in [1.82, 2.24) is 9.40 Å². The zero-order valence-electron chi connectivity index (χ0n) is 6.68. The summed E-state index contributed by atoms with van der Waals surface area (Å²) < 4.78 is 6.18. The van der Waals surface area contributed by atoms with Crippen LogP contribution in [0, 0.1) is 0 Å². The van der Waals surface area contributed by atoms with E-state index in [1.54, 1.807) is 18.3 Å². The smallest absolute Gasteiger partial charge is 0.265 e. The van der Waals surface area contributed by atoms with Crippen molar-refractivity contribution in [1.29, 1.82) is 0 Å². The summed E-state index contributed by atoms with van der Waals surface area (Å²) in [5.41, 5.74) is 0.642. The summed E-state index contributed by atoms with van der Waals surface area (Å²) in [4.78, 5) is 15.0. The number of rotatable bonds is 1. The third kappa shape index (κ3) is 1.50. The van der Waals surface area contributed by atoms with Crippen molar-refractivity contribution in [3.05, 3.63) is 30.1 Å². The normalized spacial score (nSPS) is 22.4. The quantitative estimate of drug-likeness (QED) is 0.635. The van der Waals surface area contributed by atoms with Gasteiger partial charge in [-0.05, 0) is 12.1 Å². The second-order valence-corrected chi connectivity index (χ2v) is 2.99. The first-order valence-corrected chi connectivity index (χ1v) is 4.13. The molecule has 68 valence electrons. The molecule has 0 bridgehead atoms. The van der Waals surface area contributed by atoms with Crippen LogP contribution in [0.5, 0.6) is 0 Å². The van der Waals surface area contributed by atoms with Gasteiger partial charge in [0.15, 0.2) is 6.23 Å². The van der Waals surface area contributed by atoms with Gasteiger partial charge in [0.1, 0.15) is 6.61 Å². The second kappa shape index (κ2) is 3.32. The zero-order chi connectivity index (χ0) is 9.26. The van der Waals surface area contributed by atoms with Gasteiger partial charge in [-0.1, -0.05) is 6.07 Å². The fourth-order valence-corrected chi connectivity index (χ4v) is 1.34. The molecule has 0 N–H and O–H groups in total. The van der Waals surface area contributed by atoms with Crippen LogP contribution in [0.3, 0.4) is 0 Å². The molecule has 13 heavy (non-hydrogen) atoms. The number of hydrogen-bond acceptors (Lipinski definition) is 3. The maximum atomic E-state index is 11.0. The van der Waals surface area contributed by atoms with Gasteiger partial charge in [-0.3, -0.25) is 9.78 Å². The van der Waals surface area contributed by atoms with Crippen LogP contribution in [0.4, 0.5) is 0 Å². The fraction of sp³-hybridized carbons (Fsp3) is 0.250. The predicted molar refractivity (Wildman–Crippen MR) is 45.6 cm³/mol. The van der Waals surface area contributed by atoms with Crippen LogP contribution < -0.4 is 0 Å². The summed E-state index contributed by atoms with van der Waals surface area (Å²) in [6.07, 6.45) is 1.09. The van der Waals surface area contributed by atoms with Crippen molar-refractivity contribution in [3.8, 4) is 0 Å². The van der Waals surface area contributed by atoms with E-state index < -0.39 is 6.23 Å². The Labute approximate surface area is 80.2 Å². The van der Waals surface area contributed by atoms with Crippen LogP contribution in [-0.4, -0.2) is 21.9 Å². The highest BCUT2D eigenvalue weighted by Gasteiger charge is 2.32. The minimum absolute atomic E-state index is 0.0186. The maximum Gasteiger partial charge on any atom is 0.265 e. The van der Waals surface area contributed by atoms with Crippen LogP contribution in [0.1, 0.15) is 11.9 Å². The van der Waals surface area contributed by atoms with E-state index in [1.807, 2.05) is 6.07 Å². The highest BCUT2D eigenvalue weighted by atomic mass is 35.5. The Balaban J connectivity index is 2.24. The summed E-state index contributed by atoms with van der Waals surface area (Å²) in [6, 6.07) is 5.37. The minimum atomic E-state index is -0.546. The molecule has 1 unspecified atom stereocenters. The Morgan fingerprint density at radius 1 is 1.62 bits per heavy atom. The van der Waals surface area contributed by atoms with E-state index in [-0.39, 0.29) is 12.5 Å². The molecule has 0 aromatic carbocycles. The topological polar surface area (TPSA) is 42.4 Å². The second-order valence-electron chi connectivity index (χ2n) is 2.62. The summed E-state index contributed by atoms with van der Waals surface area (Å²) >= 11 is 5.68. The first-order chi connectivity index (χ1) is 6.29. The van der Waals surface area contributed by atoms with Gasteiger partial charge in [-0.15, -0.1) is 0 Å². The fourth-order valence-electron chi connectivity index (χ4n) is 1.13. The van der Waals surface area contributed by atoms with Crippen molar-refractivity contribution in [2.24, 2.45) is 0 Å². The number of halogens is 1. The average molecular weight is 199 g/mol. The van der Waals surface area contributed by atoms with Crippen LogP contribution in [0.2, 0.25) is 0 Å². The maximum absolute atomic E-state index is 11.0. The van der Waals surface area contributed by atoms with Crippen molar-refractivity contribution < 1.29 is 9.53 Å². The van der Waals surface area contributed by atoms with E-state index >= 15 is 0 Å². The van der Waals surface area contributed by atoms with Gasteiger partial charge in [0.2, 0.25) is 0 Å². The van der Waals surface area contributed by atoms with Crippen molar-refractivity contribution in [2.75, 3.05) is 6.61 Å². The number of carbonyl (C=O) groups excluding carboxylic acids is 1. The van der Waals surface area contributed by atoms with Gasteiger partial charge in [0.25, 0.3) is 5.91 Å². The van der Waals surface area contributed by atoms with Gasteiger partial charge in [-0.2, -0.15) is 0 Å². The summed E-state index contributed by atoms with van der Waals surface area (Å²) in [5, 5.41) is 0. The van der Waals surface area contributed by atoms with Gasteiger partial charge < -0.3 is 4.74 Å². The highest BCUT2D eigenvalue weighted by molar-refractivity contribution is 6.22. The van der Waals surface area contributed by atoms with E-state index in [0.29, 0.717) is 5.69 Å². The third-order valence-electron chi connectivity index (χ3n) is 1.75. The van der Waals surface area contributed by atoms with Gasteiger partial charge >= 0.3 is 0 Å². The minimum Gasteiger partial charge on any atom is -0.341 e. The molecule has 0 aliphatic carbocycles. The lowest BCUT2D eigenvalue weighted by Gasteiger charge is -2.13. The van der Waals surface area contributed by atoms with E-state index in [2.05, 4.69) is 4.98 Å². The van der Waals surface area contributed by atoms with Crippen molar-refractivity contribution in [2.45, 2.75) is 6.23 Å². The number of nitrogens with zero attached hydrogens (tertiary/aromatic N) is 2. The molecule has 5 heteroatoms. The molecule has 0 radical (unpaired) electrons. The molecule has 2 rings (SSSR count). The Morgan fingerprint density at radius 2 is 2.46 bits per heavy atom. The summed E-state index contributed by atoms with van der Waals surface area (Å²) in [7, 11) is 0. The lowest BCUT2D eigenvalue weighted by Crippen LogP contribution is -2.18. The van der Waals surface area contributed by atoms with E-state index in [1.165, 1.54) is 0 Å². The number of pyridine rings is 1. The molecule has 1 aromatic heterocycles.